The van der Waals surface area contributed by atoms with Crippen molar-refractivity contribution in [2.45, 2.75) is 69.8 Å². The number of nitrogens with one attached hydrogen (secondary N) is 1. The summed E-state index contributed by atoms with van der Waals surface area (Å²) in [5, 5.41) is 22.8. The number of likely N-dealkylation sites (N-methyl/N-ethyl adjacent to an activating group) is 1. The minimum absolute atomic E-state index is 0.000168. The highest BCUT2D eigenvalue weighted by Gasteiger charge is 2.49. The highest BCUT2D eigenvalue weighted by molar-refractivity contribution is 7.23. The molecule has 0 radical (unpaired) electrons. The third kappa shape index (κ3) is 5.90. The van der Waals surface area contributed by atoms with Crippen LogP contribution in [0.5, 0.6) is 11.9 Å². The molecule has 0 saturated carbocycles. The molecule has 3 aromatic heterocycles. The number of thiophene rings is 1. The summed E-state index contributed by atoms with van der Waals surface area (Å²) in [5.74, 6) is -1.31. The van der Waals surface area contributed by atoms with Crippen molar-refractivity contribution in [3.8, 4) is 29.2 Å². The van der Waals surface area contributed by atoms with Gasteiger partial charge in [-0.2, -0.15) is 15.2 Å². The third-order valence-electron chi connectivity index (χ3n) is 9.47. The summed E-state index contributed by atoms with van der Waals surface area (Å²) < 4.78 is 64.4. The van der Waals surface area contributed by atoms with Crippen LogP contribution in [0, 0.1) is 23.0 Å². The summed E-state index contributed by atoms with van der Waals surface area (Å²) >= 11 is 0.811. The lowest BCUT2D eigenvalue weighted by Crippen LogP contribution is -2.43. The number of benzene rings is 1. The zero-order chi connectivity index (χ0) is 35.5. The molecule has 3 aliphatic rings. The Hall–Kier alpha value is -4.46. The number of pyridine rings is 1. The number of carbonyl (C=O) groups is 1. The van der Waals surface area contributed by atoms with Gasteiger partial charge in [-0.15, -0.1) is 11.3 Å². The van der Waals surface area contributed by atoms with E-state index in [1.54, 1.807) is 32.7 Å². The molecular weight excluding hydrogens is 675 g/mol. The van der Waals surface area contributed by atoms with E-state index in [-0.39, 0.29) is 86.4 Å². The molecule has 1 amide bonds. The van der Waals surface area contributed by atoms with E-state index in [1.165, 1.54) is 6.07 Å². The smallest absolute Gasteiger partial charge is 0.412 e. The average Bonchev–Trinajstić information content (AvgIpc) is 3.69. The zero-order valence-electron chi connectivity index (χ0n) is 28.0. The summed E-state index contributed by atoms with van der Waals surface area (Å²) in [4.78, 5) is 30.2. The number of hydrogen-bond donors (Lipinski definition) is 2. The van der Waals surface area contributed by atoms with E-state index in [0.717, 1.165) is 36.8 Å². The highest BCUT2D eigenvalue weighted by atomic mass is 32.1. The summed E-state index contributed by atoms with van der Waals surface area (Å²) in [6.45, 7) is 6.15. The first-order valence-corrected chi connectivity index (χ1v) is 17.2. The predicted octanol–water partition coefficient (Wildman–Crippen LogP) is 5.94. The van der Waals surface area contributed by atoms with Crippen molar-refractivity contribution >= 4 is 49.2 Å². The molecule has 3 aliphatic heterocycles. The molecule has 7 rings (SSSR count). The summed E-state index contributed by atoms with van der Waals surface area (Å²) in [6.07, 6.45) is 0.470. The normalized spacial score (nSPS) is 21.9. The number of aromatic nitrogens is 3. The lowest BCUT2D eigenvalue weighted by molar-refractivity contribution is 0.0636. The highest BCUT2D eigenvalue weighted by Crippen LogP contribution is 2.46. The van der Waals surface area contributed by atoms with Crippen molar-refractivity contribution in [2.24, 2.45) is 0 Å². The van der Waals surface area contributed by atoms with Crippen molar-refractivity contribution in [2.75, 3.05) is 50.2 Å². The second-order valence-electron chi connectivity index (χ2n) is 13.9. The first kappa shape index (κ1) is 34.0. The molecule has 0 spiro atoms. The Morgan fingerprint density at radius 3 is 2.80 bits per heavy atom. The Balaban J connectivity index is 1.38. The molecule has 4 aromatic rings. The number of amides is 1. The number of ether oxygens (including phenoxy) is 3. The van der Waals surface area contributed by atoms with Crippen LogP contribution < -0.4 is 19.7 Å². The van der Waals surface area contributed by atoms with Crippen LogP contribution in [0.1, 0.15) is 52.0 Å². The number of hydrogen-bond acceptors (Lipinski definition) is 12. The Bertz CT molecular complexity index is 2050. The zero-order valence-corrected chi connectivity index (χ0v) is 28.8. The van der Waals surface area contributed by atoms with Crippen LogP contribution in [0.15, 0.2) is 12.1 Å². The number of nitrogens with zero attached hydrogens (tertiary/aromatic N) is 6. The van der Waals surface area contributed by atoms with Gasteiger partial charge in [0.1, 0.15) is 64.3 Å². The second-order valence-corrected chi connectivity index (χ2v) is 14.9. The van der Waals surface area contributed by atoms with Gasteiger partial charge in [0, 0.05) is 37.6 Å². The molecule has 2 N–H and O–H groups in total. The lowest BCUT2D eigenvalue weighted by atomic mass is 9.95. The van der Waals surface area contributed by atoms with Crippen molar-refractivity contribution in [1.82, 2.24) is 19.9 Å². The van der Waals surface area contributed by atoms with E-state index in [4.69, 9.17) is 14.2 Å². The number of aliphatic hydroxyl groups excluding tert-OH is 1. The molecule has 1 aromatic carbocycles. The predicted molar refractivity (Wildman–Crippen MR) is 181 cm³/mol. The Kier molecular flexibility index (Phi) is 8.64. The number of nitriles is 1. The fourth-order valence-electron chi connectivity index (χ4n) is 7.20. The van der Waals surface area contributed by atoms with Gasteiger partial charge in [-0.05, 0) is 58.7 Å². The molecule has 6 heterocycles. The number of halogens is 3. The van der Waals surface area contributed by atoms with Gasteiger partial charge in [-0.25, -0.2) is 22.9 Å². The standard InChI is InChI=1S/C34H36F3N7O5S/c1-33(2,3)49-32(46)42-30-20(13-38)22-19(6-7-21(36)27(22)50-30)25-24(37)26-23-28(43(4)18(8-11-45)15-47-29(23)39-25)41-31(40-26)48-16-34-9-5-10-44(34)14-17(35)12-34/h6-7,17-18,45H,5,8-12,14-16H2,1-4H3,(H,42,46)/t17-,18+,34+/m1/s1. The molecule has 12 nitrogen and oxygen atoms in total. The topological polar surface area (TPSA) is 146 Å². The fraction of sp³-hybridized carbons (Fsp3) is 0.500. The maximum atomic E-state index is 17.0. The van der Waals surface area contributed by atoms with E-state index in [2.05, 4.69) is 25.2 Å². The Labute approximate surface area is 289 Å². The first-order valence-electron chi connectivity index (χ1n) is 16.4. The Morgan fingerprint density at radius 1 is 1.26 bits per heavy atom. The minimum Gasteiger partial charge on any atom is -0.475 e. The van der Waals surface area contributed by atoms with Crippen LogP contribution in [-0.2, 0) is 4.74 Å². The number of carbonyl (C=O) groups excluding carboxylic acids is 1. The van der Waals surface area contributed by atoms with Crippen LogP contribution in [-0.4, -0.2) is 94.4 Å². The molecule has 264 valence electrons. The SMILES string of the molecule is CN1c2nc(OC[C@@]34CCCN3C[C@H](F)C4)nc3c(F)c(-c4ccc(F)c5sc(NC(=O)OC(C)(C)C)c(C#N)c45)nc(c23)OC[C@@H]1CCO. The summed E-state index contributed by atoms with van der Waals surface area (Å²) in [6, 6.07) is 3.96. The second kappa shape index (κ2) is 12.7. The van der Waals surface area contributed by atoms with Gasteiger partial charge in [0.15, 0.2) is 5.82 Å². The van der Waals surface area contributed by atoms with Crippen molar-refractivity contribution in [3.05, 3.63) is 29.3 Å². The molecule has 16 heteroatoms. The Morgan fingerprint density at radius 2 is 2.06 bits per heavy atom. The average molecular weight is 712 g/mol. The van der Waals surface area contributed by atoms with Crippen LogP contribution in [0.25, 0.3) is 32.2 Å². The largest absolute Gasteiger partial charge is 0.475 e. The number of fused-ring (bicyclic) bond motifs is 2. The number of aliphatic hydroxyl groups is 1. The van der Waals surface area contributed by atoms with Gasteiger partial charge in [0.2, 0.25) is 5.88 Å². The first-order chi connectivity index (χ1) is 23.8. The van der Waals surface area contributed by atoms with E-state index in [0.29, 0.717) is 19.4 Å². The van der Waals surface area contributed by atoms with Crippen molar-refractivity contribution in [1.29, 1.82) is 5.26 Å². The quantitative estimate of drug-likeness (QED) is 0.235. The van der Waals surface area contributed by atoms with Crippen molar-refractivity contribution in [3.63, 3.8) is 0 Å². The third-order valence-corrected chi connectivity index (χ3v) is 10.6. The van der Waals surface area contributed by atoms with Gasteiger partial charge in [0.05, 0.1) is 21.8 Å². The minimum atomic E-state index is -0.972. The van der Waals surface area contributed by atoms with Gasteiger partial charge in [-0.3, -0.25) is 10.2 Å². The summed E-state index contributed by atoms with van der Waals surface area (Å²) in [7, 11) is 1.74. The van der Waals surface area contributed by atoms with Gasteiger partial charge in [-0.1, -0.05) is 0 Å². The fourth-order valence-corrected chi connectivity index (χ4v) is 8.27. The van der Waals surface area contributed by atoms with Gasteiger partial charge >= 0.3 is 12.1 Å². The molecule has 2 saturated heterocycles. The monoisotopic (exact) mass is 711 g/mol. The summed E-state index contributed by atoms with van der Waals surface area (Å²) in [5.41, 5.74) is -1.83. The number of alkyl halides is 1. The molecule has 2 fully saturated rings. The molecule has 3 atom stereocenters. The van der Waals surface area contributed by atoms with Crippen LogP contribution >= 0.6 is 11.3 Å². The van der Waals surface area contributed by atoms with Gasteiger partial charge in [0.25, 0.3) is 0 Å². The van der Waals surface area contributed by atoms with E-state index < -0.39 is 35.0 Å². The lowest BCUT2D eigenvalue weighted by Gasteiger charge is -2.31. The molecule has 0 unspecified atom stereocenters. The van der Waals surface area contributed by atoms with E-state index in [9.17, 15) is 19.6 Å². The molecule has 0 aliphatic carbocycles. The van der Waals surface area contributed by atoms with Crippen molar-refractivity contribution < 1.29 is 37.3 Å². The number of rotatable bonds is 7. The maximum absolute atomic E-state index is 17.0. The van der Waals surface area contributed by atoms with E-state index in [1.807, 2.05) is 6.07 Å². The van der Waals surface area contributed by atoms with Crippen LogP contribution in [0.4, 0.5) is 28.8 Å². The van der Waals surface area contributed by atoms with E-state index >= 15 is 8.78 Å². The van der Waals surface area contributed by atoms with Gasteiger partial charge < -0.3 is 24.2 Å². The molecule has 50 heavy (non-hydrogen) atoms. The van der Waals surface area contributed by atoms with Crippen LogP contribution in [0.3, 0.4) is 0 Å². The van der Waals surface area contributed by atoms with Crippen LogP contribution in [0.2, 0.25) is 0 Å². The molecular formula is C34H36F3N7O5S. The number of anilines is 2. The molecule has 0 bridgehead atoms. The maximum Gasteiger partial charge on any atom is 0.412 e.